The second kappa shape index (κ2) is 7.67. The summed E-state index contributed by atoms with van der Waals surface area (Å²) in [6, 6.07) is 9.51. The number of thiophene rings is 1. The van der Waals surface area contributed by atoms with E-state index in [9.17, 15) is 23.9 Å². The molecule has 0 atom stereocenters. The Kier molecular flexibility index (Phi) is 5.06. The third kappa shape index (κ3) is 3.61. The first-order chi connectivity index (χ1) is 14.0. The van der Waals surface area contributed by atoms with Crippen LogP contribution in [0.1, 0.15) is 20.9 Å². The minimum Gasteiger partial charge on any atom is -0.501 e. The number of carbonyl (C=O) groups excluding carboxylic acids is 1. The Morgan fingerprint density at radius 1 is 1.07 bits per heavy atom. The largest absolute Gasteiger partial charge is 0.501 e. The predicted molar refractivity (Wildman–Crippen MR) is 106 cm³/mol. The minimum absolute atomic E-state index is 0.125. The van der Waals surface area contributed by atoms with Crippen LogP contribution in [0.3, 0.4) is 0 Å². The summed E-state index contributed by atoms with van der Waals surface area (Å²) in [6.07, 6.45) is 0.482. The van der Waals surface area contributed by atoms with Gasteiger partial charge < -0.3 is 10.0 Å². The van der Waals surface area contributed by atoms with Gasteiger partial charge in [-0.1, -0.05) is 18.2 Å². The van der Waals surface area contributed by atoms with Crippen molar-refractivity contribution in [1.29, 1.82) is 0 Å². The van der Waals surface area contributed by atoms with E-state index in [0.717, 1.165) is 14.0 Å². The van der Waals surface area contributed by atoms with Crippen molar-refractivity contribution in [3.05, 3.63) is 84.6 Å². The Morgan fingerprint density at radius 3 is 2.52 bits per heavy atom. The van der Waals surface area contributed by atoms with Gasteiger partial charge in [0.2, 0.25) is 5.75 Å². The van der Waals surface area contributed by atoms with Crippen LogP contribution in [-0.2, 0) is 26.1 Å². The molecule has 3 aromatic rings. The van der Waals surface area contributed by atoms with Gasteiger partial charge in [-0.2, -0.15) is 0 Å². The first kappa shape index (κ1) is 19.1. The molecular weight excluding hydrogens is 397 g/mol. The van der Waals surface area contributed by atoms with Crippen molar-refractivity contribution in [3.63, 3.8) is 0 Å². The maximum absolute atomic E-state index is 13.1. The molecule has 1 aliphatic rings. The summed E-state index contributed by atoms with van der Waals surface area (Å²) < 4.78 is 15.2. The van der Waals surface area contributed by atoms with Crippen LogP contribution in [0.15, 0.2) is 51.4 Å². The Bertz CT molecular complexity index is 1170. The van der Waals surface area contributed by atoms with E-state index in [4.69, 9.17) is 0 Å². The van der Waals surface area contributed by atoms with Gasteiger partial charge in [-0.25, -0.2) is 9.18 Å². The maximum atomic E-state index is 13.1. The van der Waals surface area contributed by atoms with Crippen LogP contribution in [0.25, 0.3) is 0 Å². The highest BCUT2D eigenvalue weighted by molar-refractivity contribution is 7.09. The number of amides is 1. The number of hydrogen-bond donors (Lipinski definition) is 1. The van der Waals surface area contributed by atoms with E-state index in [1.807, 2.05) is 17.5 Å². The number of aromatic nitrogens is 2. The number of hydrogen-bond acceptors (Lipinski definition) is 5. The van der Waals surface area contributed by atoms with Crippen molar-refractivity contribution in [1.82, 2.24) is 14.0 Å². The third-order valence-electron chi connectivity index (χ3n) is 4.94. The number of aromatic hydroxyl groups is 1. The Balaban J connectivity index is 1.64. The molecule has 0 spiro atoms. The predicted octanol–water partition coefficient (Wildman–Crippen LogP) is 1.81. The molecule has 1 N–H and O–H groups in total. The van der Waals surface area contributed by atoms with Gasteiger partial charge >= 0.3 is 5.69 Å². The van der Waals surface area contributed by atoms with Crippen molar-refractivity contribution >= 4 is 17.2 Å². The molecule has 1 aromatic carbocycles. The van der Waals surface area contributed by atoms with Gasteiger partial charge in [-0.05, 0) is 35.6 Å². The lowest BCUT2D eigenvalue weighted by molar-refractivity contribution is 0.0677. The van der Waals surface area contributed by atoms with Gasteiger partial charge in [0.15, 0.2) is 5.69 Å². The van der Waals surface area contributed by atoms with Gasteiger partial charge in [0, 0.05) is 31.1 Å². The molecule has 0 radical (unpaired) electrons. The van der Waals surface area contributed by atoms with Crippen molar-refractivity contribution in [3.8, 4) is 5.75 Å². The average molecular weight is 415 g/mol. The summed E-state index contributed by atoms with van der Waals surface area (Å²) in [5.41, 5.74) is -1.05. The van der Waals surface area contributed by atoms with E-state index in [-0.39, 0.29) is 37.7 Å². The number of nitrogens with zero attached hydrogens (tertiary/aromatic N) is 3. The first-order valence-electron chi connectivity index (χ1n) is 9.08. The number of carbonyl (C=O) groups is 1. The number of fused-ring (bicyclic) bond motifs is 1. The fourth-order valence-corrected chi connectivity index (χ4v) is 4.11. The molecule has 150 valence electrons. The van der Waals surface area contributed by atoms with Crippen molar-refractivity contribution < 1.29 is 14.3 Å². The lowest BCUT2D eigenvalue weighted by Crippen LogP contribution is -2.50. The fraction of sp³-hybridized carbons (Fsp3) is 0.250. The van der Waals surface area contributed by atoms with E-state index in [2.05, 4.69) is 0 Å². The zero-order valence-electron chi connectivity index (χ0n) is 15.4. The van der Waals surface area contributed by atoms with E-state index in [0.29, 0.717) is 12.0 Å². The first-order valence-corrected chi connectivity index (χ1v) is 9.96. The molecule has 4 rings (SSSR count). The molecule has 29 heavy (non-hydrogen) atoms. The molecule has 3 heterocycles. The lowest BCUT2D eigenvalue weighted by atomic mass is 10.1. The molecule has 0 saturated heterocycles. The van der Waals surface area contributed by atoms with Crippen LogP contribution in [0.2, 0.25) is 0 Å². The maximum Gasteiger partial charge on any atom is 0.331 e. The number of benzene rings is 1. The van der Waals surface area contributed by atoms with E-state index < -0.39 is 22.9 Å². The molecule has 9 heteroatoms. The third-order valence-corrected chi connectivity index (χ3v) is 5.87. The quantitative estimate of drug-likeness (QED) is 0.689. The van der Waals surface area contributed by atoms with Crippen LogP contribution < -0.4 is 11.2 Å². The average Bonchev–Trinajstić information content (AvgIpc) is 3.23. The topological polar surface area (TPSA) is 84.5 Å². The second-order valence-electron chi connectivity index (χ2n) is 6.77. The molecule has 2 aromatic heterocycles. The monoisotopic (exact) mass is 415 g/mol. The standard InChI is InChI=1S/C20H18FN3O4S/c21-14-5-3-13(4-6-14)12-22-9-10-23-16(18(22)26)17(25)19(27)24(20(23)28)8-7-15-2-1-11-29-15/h1-6,11,25H,7-10,12H2. The molecular formula is C20H18FN3O4S. The summed E-state index contributed by atoms with van der Waals surface area (Å²) in [5.74, 6) is -1.70. The van der Waals surface area contributed by atoms with Gasteiger partial charge in [-0.15, -0.1) is 11.3 Å². The molecule has 7 nitrogen and oxygen atoms in total. The zero-order valence-corrected chi connectivity index (χ0v) is 16.2. The lowest BCUT2D eigenvalue weighted by Gasteiger charge is -2.30. The Hall–Kier alpha value is -3.20. The summed E-state index contributed by atoms with van der Waals surface area (Å²) in [5, 5.41) is 12.3. The van der Waals surface area contributed by atoms with Gasteiger partial charge in [0.1, 0.15) is 5.82 Å². The minimum atomic E-state index is -0.866. The summed E-state index contributed by atoms with van der Waals surface area (Å²) >= 11 is 1.52. The smallest absolute Gasteiger partial charge is 0.331 e. The van der Waals surface area contributed by atoms with Gasteiger partial charge in [0.25, 0.3) is 11.5 Å². The van der Waals surface area contributed by atoms with E-state index >= 15 is 0 Å². The molecule has 0 fully saturated rings. The Morgan fingerprint density at radius 2 is 1.83 bits per heavy atom. The van der Waals surface area contributed by atoms with Gasteiger partial charge in [0.05, 0.1) is 0 Å². The summed E-state index contributed by atoms with van der Waals surface area (Å²) in [6.45, 7) is 0.716. The SMILES string of the molecule is O=C1c2c(O)c(=O)n(CCc3cccs3)c(=O)n2CCN1Cc1ccc(F)cc1. The highest BCUT2D eigenvalue weighted by Gasteiger charge is 2.31. The van der Waals surface area contributed by atoms with Crippen molar-refractivity contribution in [2.45, 2.75) is 26.1 Å². The summed E-state index contributed by atoms with van der Waals surface area (Å²) in [4.78, 5) is 40.7. The molecule has 0 saturated carbocycles. The molecule has 0 unspecified atom stereocenters. The van der Waals surface area contributed by atoms with Crippen LogP contribution in [0, 0.1) is 5.82 Å². The fourth-order valence-electron chi connectivity index (χ4n) is 3.42. The molecule has 0 bridgehead atoms. The number of rotatable bonds is 5. The van der Waals surface area contributed by atoms with Gasteiger partial charge in [-0.3, -0.25) is 18.7 Å². The second-order valence-corrected chi connectivity index (χ2v) is 7.80. The van der Waals surface area contributed by atoms with Crippen molar-refractivity contribution in [2.75, 3.05) is 6.54 Å². The molecule has 0 aliphatic carbocycles. The highest BCUT2D eigenvalue weighted by atomic mass is 32.1. The van der Waals surface area contributed by atoms with Crippen LogP contribution >= 0.6 is 11.3 Å². The summed E-state index contributed by atoms with van der Waals surface area (Å²) in [7, 11) is 0. The van der Waals surface area contributed by atoms with Crippen LogP contribution in [0.4, 0.5) is 4.39 Å². The van der Waals surface area contributed by atoms with E-state index in [1.165, 1.54) is 28.4 Å². The normalized spacial score (nSPS) is 13.6. The Labute approximate surface area is 168 Å². The van der Waals surface area contributed by atoms with Crippen molar-refractivity contribution in [2.24, 2.45) is 0 Å². The number of aryl methyl sites for hydroxylation is 1. The van der Waals surface area contributed by atoms with Crippen LogP contribution in [0.5, 0.6) is 5.75 Å². The van der Waals surface area contributed by atoms with Crippen LogP contribution in [-0.4, -0.2) is 31.6 Å². The highest BCUT2D eigenvalue weighted by Crippen LogP contribution is 2.19. The molecule has 1 aliphatic heterocycles. The zero-order chi connectivity index (χ0) is 20.5. The molecule has 1 amide bonds. The van der Waals surface area contributed by atoms with E-state index in [1.54, 1.807) is 12.1 Å². The number of halogens is 1.